The van der Waals surface area contributed by atoms with E-state index >= 15 is 0 Å². The van der Waals surface area contributed by atoms with E-state index in [9.17, 15) is 9.18 Å². The predicted octanol–water partition coefficient (Wildman–Crippen LogP) is 1.08. The van der Waals surface area contributed by atoms with E-state index < -0.39 is 0 Å². The first-order valence-corrected chi connectivity index (χ1v) is 7.84. The molecule has 1 saturated heterocycles. The van der Waals surface area contributed by atoms with Crippen LogP contribution in [0.25, 0.3) is 5.69 Å². The fourth-order valence-corrected chi connectivity index (χ4v) is 2.59. The van der Waals surface area contributed by atoms with Gasteiger partial charge in [-0.2, -0.15) is 4.68 Å². The number of rotatable bonds is 4. The molecule has 1 amide bonds. The Hall–Kier alpha value is -2.55. The summed E-state index contributed by atoms with van der Waals surface area (Å²) in [5.41, 5.74) is 0.710. The number of hydrogen-bond donors (Lipinski definition) is 0. The lowest BCUT2D eigenvalue weighted by molar-refractivity contribution is 0.0770. The molecule has 0 N–H and O–H groups in total. The third kappa shape index (κ3) is 3.67. The van der Waals surface area contributed by atoms with Crippen LogP contribution in [0.1, 0.15) is 12.7 Å². The van der Waals surface area contributed by atoms with E-state index in [1.807, 2.05) is 0 Å². The normalized spacial score (nSPS) is 15.5. The van der Waals surface area contributed by atoms with Crippen LogP contribution in [0.2, 0.25) is 0 Å². The minimum absolute atomic E-state index is 0.270. The van der Waals surface area contributed by atoms with Gasteiger partial charge in [0.05, 0.1) is 18.8 Å². The first-order valence-electron chi connectivity index (χ1n) is 7.84. The number of tetrazole rings is 1. The predicted molar refractivity (Wildman–Crippen MR) is 83.0 cm³/mol. The summed E-state index contributed by atoms with van der Waals surface area (Å²) in [5, 5.41) is 11.7. The fourth-order valence-electron chi connectivity index (χ4n) is 2.59. The molecule has 1 aliphatic heterocycles. The average Bonchev–Trinajstić information content (AvgIpc) is 3.04. The number of aromatic nitrogens is 4. The molecule has 0 unspecified atom stereocenters. The SMILES string of the molecule is CCOC(=O)N1CCN(Cc2nnnn2-c2ccc(F)cc2)CC1. The van der Waals surface area contributed by atoms with Gasteiger partial charge in [0.1, 0.15) is 5.82 Å². The Labute approximate surface area is 138 Å². The average molecular weight is 334 g/mol. The van der Waals surface area contributed by atoms with E-state index in [1.165, 1.54) is 12.1 Å². The van der Waals surface area contributed by atoms with Gasteiger partial charge in [0.15, 0.2) is 5.82 Å². The summed E-state index contributed by atoms with van der Waals surface area (Å²) < 4.78 is 19.7. The number of piperazine rings is 1. The second-order valence-corrected chi connectivity index (χ2v) is 5.45. The van der Waals surface area contributed by atoms with Crippen molar-refractivity contribution < 1.29 is 13.9 Å². The van der Waals surface area contributed by atoms with Crippen LogP contribution >= 0.6 is 0 Å². The van der Waals surface area contributed by atoms with Gasteiger partial charge >= 0.3 is 6.09 Å². The topological polar surface area (TPSA) is 76.4 Å². The number of hydrogen-bond acceptors (Lipinski definition) is 6. The van der Waals surface area contributed by atoms with Gasteiger partial charge in [0, 0.05) is 26.2 Å². The van der Waals surface area contributed by atoms with Crippen LogP contribution in [-0.4, -0.2) is 68.9 Å². The molecule has 1 aromatic heterocycles. The summed E-state index contributed by atoms with van der Waals surface area (Å²) >= 11 is 0. The number of halogens is 1. The minimum atomic E-state index is -0.302. The molecule has 0 aliphatic carbocycles. The van der Waals surface area contributed by atoms with Crippen molar-refractivity contribution in [2.45, 2.75) is 13.5 Å². The highest BCUT2D eigenvalue weighted by atomic mass is 19.1. The number of carbonyl (C=O) groups excluding carboxylic acids is 1. The van der Waals surface area contributed by atoms with Crippen LogP contribution in [0.4, 0.5) is 9.18 Å². The van der Waals surface area contributed by atoms with E-state index in [0.29, 0.717) is 37.8 Å². The Morgan fingerprint density at radius 3 is 2.58 bits per heavy atom. The van der Waals surface area contributed by atoms with Crippen LogP contribution in [-0.2, 0) is 11.3 Å². The first-order chi connectivity index (χ1) is 11.7. The highest BCUT2D eigenvalue weighted by Gasteiger charge is 2.23. The smallest absolute Gasteiger partial charge is 0.409 e. The van der Waals surface area contributed by atoms with Crippen molar-refractivity contribution in [1.82, 2.24) is 30.0 Å². The lowest BCUT2D eigenvalue weighted by Crippen LogP contribution is -2.48. The van der Waals surface area contributed by atoms with Crippen molar-refractivity contribution in [3.8, 4) is 5.69 Å². The van der Waals surface area contributed by atoms with Crippen molar-refractivity contribution in [2.75, 3.05) is 32.8 Å². The maximum absolute atomic E-state index is 13.0. The third-order valence-corrected chi connectivity index (χ3v) is 3.87. The number of nitrogens with zero attached hydrogens (tertiary/aromatic N) is 6. The number of amides is 1. The summed E-state index contributed by atoms with van der Waals surface area (Å²) in [6, 6.07) is 6.01. The van der Waals surface area contributed by atoms with Gasteiger partial charge in [-0.15, -0.1) is 5.10 Å². The minimum Gasteiger partial charge on any atom is -0.450 e. The highest BCUT2D eigenvalue weighted by molar-refractivity contribution is 5.67. The molecule has 9 heteroatoms. The highest BCUT2D eigenvalue weighted by Crippen LogP contribution is 2.12. The van der Waals surface area contributed by atoms with Gasteiger partial charge in [-0.3, -0.25) is 4.90 Å². The molecule has 1 aromatic carbocycles. The Morgan fingerprint density at radius 1 is 1.21 bits per heavy atom. The van der Waals surface area contributed by atoms with Crippen LogP contribution in [0.3, 0.4) is 0 Å². The molecule has 24 heavy (non-hydrogen) atoms. The van der Waals surface area contributed by atoms with Gasteiger partial charge in [0.2, 0.25) is 0 Å². The molecule has 0 atom stereocenters. The summed E-state index contributed by atoms with van der Waals surface area (Å²) in [5.74, 6) is 0.370. The Morgan fingerprint density at radius 2 is 1.92 bits per heavy atom. The summed E-state index contributed by atoms with van der Waals surface area (Å²) in [4.78, 5) is 15.6. The molecule has 2 heterocycles. The van der Waals surface area contributed by atoms with E-state index in [0.717, 1.165) is 13.1 Å². The standard InChI is InChI=1S/C15H19FN6O2/c1-2-24-15(23)21-9-7-20(8-10-21)11-14-17-18-19-22(14)13-5-3-12(16)4-6-13/h3-6H,2,7-11H2,1H3. The van der Waals surface area contributed by atoms with Crippen molar-refractivity contribution in [2.24, 2.45) is 0 Å². The molecular formula is C15H19FN6O2. The van der Waals surface area contributed by atoms with Crippen LogP contribution in [0.5, 0.6) is 0 Å². The third-order valence-electron chi connectivity index (χ3n) is 3.87. The zero-order chi connectivity index (χ0) is 16.9. The first kappa shape index (κ1) is 16.3. The van der Waals surface area contributed by atoms with Crippen molar-refractivity contribution >= 4 is 6.09 Å². The number of ether oxygens (including phenoxy) is 1. The molecule has 0 spiro atoms. The van der Waals surface area contributed by atoms with Crippen LogP contribution in [0.15, 0.2) is 24.3 Å². The van der Waals surface area contributed by atoms with E-state index in [2.05, 4.69) is 20.4 Å². The van der Waals surface area contributed by atoms with Crippen LogP contribution < -0.4 is 0 Å². The molecule has 128 valence electrons. The molecule has 0 radical (unpaired) electrons. The lowest BCUT2D eigenvalue weighted by atomic mass is 10.3. The zero-order valence-corrected chi connectivity index (χ0v) is 13.4. The monoisotopic (exact) mass is 334 g/mol. The van der Waals surface area contributed by atoms with E-state index in [1.54, 1.807) is 28.6 Å². The fraction of sp³-hybridized carbons (Fsp3) is 0.467. The van der Waals surface area contributed by atoms with Gasteiger partial charge in [-0.05, 0) is 41.6 Å². The van der Waals surface area contributed by atoms with Crippen molar-refractivity contribution in [1.29, 1.82) is 0 Å². The summed E-state index contributed by atoms with van der Waals surface area (Å²) in [6.45, 7) is 5.38. The summed E-state index contributed by atoms with van der Waals surface area (Å²) in [7, 11) is 0. The van der Waals surface area contributed by atoms with Crippen molar-refractivity contribution in [3.05, 3.63) is 35.9 Å². The maximum Gasteiger partial charge on any atom is 0.409 e. The number of carbonyl (C=O) groups is 1. The molecule has 3 rings (SSSR count). The van der Waals surface area contributed by atoms with Gasteiger partial charge < -0.3 is 9.64 Å². The summed E-state index contributed by atoms with van der Waals surface area (Å²) in [6.07, 6.45) is -0.270. The quantitative estimate of drug-likeness (QED) is 0.833. The van der Waals surface area contributed by atoms with E-state index in [-0.39, 0.29) is 11.9 Å². The Balaban J connectivity index is 1.61. The molecule has 8 nitrogen and oxygen atoms in total. The Bertz CT molecular complexity index is 682. The molecule has 1 fully saturated rings. The second kappa shape index (κ2) is 7.35. The van der Waals surface area contributed by atoms with Crippen molar-refractivity contribution in [3.63, 3.8) is 0 Å². The number of benzene rings is 1. The second-order valence-electron chi connectivity index (χ2n) is 5.45. The molecule has 0 bridgehead atoms. The molecule has 0 saturated carbocycles. The lowest BCUT2D eigenvalue weighted by Gasteiger charge is -2.33. The molecule has 1 aliphatic rings. The molecular weight excluding hydrogens is 315 g/mol. The molecule has 2 aromatic rings. The van der Waals surface area contributed by atoms with Gasteiger partial charge in [-0.25, -0.2) is 9.18 Å². The largest absolute Gasteiger partial charge is 0.450 e. The Kier molecular flexibility index (Phi) is 4.99. The van der Waals surface area contributed by atoms with Gasteiger partial charge in [0.25, 0.3) is 0 Å². The zero-order valence-electron chi connectivity index (χ0n) is 13.4. The van der Waals surface area contributed by atoms with Crippen LogP contribution in [0, 0.1) is 5.82 Å². The van der Waals surface area contributed by atoms with E-state index in [4.69, 9.17) is 4.74 Å². The van der Waals surface area contributed by atoms with Gasteiger partial charge in [-0.1, -0.05) is 0 Å². The maximum atomic E-state index is 13.0.